The van der Waals surface area contributed by atoms with Crippen molar-refractivity contribution in [1.29, 1.82) is 0 Å². The molecule has 0 atom stereocenters. The number of benzene rings is 1. The van der Waals surface area contributed by atoms with E-state index < -0.39 is 0 Å². The van der Waals surface area contributed by atoms with Crippen LogP contribution >= 0.6 is 11.8 Å². The Morgan fingerprint density at radius 1 is 1.11 bits per heavy atom. The molecule has 0 aliphatic rings. The summed E-state index contributed by atoms with van der Waals surface area (Å²) in [5.41, 5.74) is 0. The van der Waals surface area contributed by atoms with Crippen molar-refractivity contribution >= 4 is 30.6 Å². The first-order valence-electron chi connectivity index (χ1n) is 2.52. The van der Waals surface area contributed by atoms with Crippen LogP contribution in [0.1, 0.15) is 0 Å². The summed E-state index contributed by atoms with van der Waals surface area (Å²) in [5, 5.41) is 0. The molecule has 2 heteroatoms. The van der Waals surface area contributed by atoms with E-state index in [1.807, 2.05) is 18.2 Å². The monoisotopic (exact) mass is 132 g/mol. The second-order valence-corrected chi connectivity index (χ2v) is 2.40. The normalized spacial score (nSPS) is 8.11. The molecule has 0 aliphatic heterocycles. The number of rotatable bonds is 1. The minimum absolute atomic E-state index is 0. The van der Waals surface area contributed by atoms with Gasteiger partial charge in [0.05, 0.1) is 0 Å². The van der Waals surface area contributed by atoms with Crippen LogP contribution in [0.5, 0.6) is 0 Å². The van der Waals surface area contributed by atoms with E-state index in [1.54, 1.807) is 11.8 Å². The van der Waals surface area contributed by atoms with Crippen molar-refractivity contribution < 1.29 is 0 Å². The first-order valence-corrected chi connectivity index (χ1v) is 3.75. The summed E-state index contributed by atoms with van der Waals surface area (Å²) >= 11 is 1.77. The average molecular weight is 132 g/mol. The van der Waals surface area contributed by atoms with Gasteiger partial charge in [-0.15, -0.1) is 11.8 Å². The maximum absolute atomic E-state index is 2.10. The predicted molar refractivity (Wildman–Crippen MR) is 45.4 cm³/mol. The zero-order chi connectivity index (χ0) is 5.82. The summed E-state index contributed by atoms with van der Waals surface area (Å²) in [6.45, 7) is 0. The molecule has 0 nitrogen and oxygen atoms in total. The molecule has 0 saturated heterocycles. The zero-order valence-electron chi connectivity index (χ0n) is 4.79. The van der Waals surface area contributed by atoms with Crippen molar-refractivity contribution in [3.05, 3.63) is 30.3 Å². The van der Waals surface area contributed by atoms with E-state index in [1.165, 1.54) is 4.90 Å². The molecular weight excluding hydrogens is 123 g/mol. The Labute approximate surface area is 72.2 Å². The number of hydrogen-bond donors (Lipinski definition) is 0. The number of thioether (sulfide) groups is 1. The molecule has 0 spiro atoms. The maximum atomic E-state index is 2.10. The van der Waals surface area contributed by atoms with Crippen molar-refractivity contribution in [2.45, 2.75) is 4.90 Å². The van der Waals surface area contributed by atoms with Crippen molar-refractivity contribution in [2.75, 3.05) is 6.26 Å². The Bertz CT molecular complexity index is 150. The Hall–Kier alpha value is 0.167. The van der Waals surface area contributed by atoms with Gasteiger partial charge in [-0.05, 0) is 18.4 Å². The van der Waals surface area contributed by atoms with Gasteiger partial charge in [0.15, 0.2) is 0 Å². The van der Waals surface area contributed by atoms with Crippen LogP contribution in [0, 0.1) is 0 Å². The van der Waals surface area contributed by atoms with Gasteiger partial charge in [0, 0.05) is 4.90 Å². The van der Waals surface area contributed by atoms with Gasteiger partial charge in [0.1, 0.15) is 0 Å². The molecule has 0 radical (unpaired) electrons. The molecule has 44 valence electrons. The molecule has 0 heterocycles. The standard InChI is InChI=1S/C7H8S.Li.H/c1-8-7-5-3-2-4-6-7;;/h2-6H,1H3;;. The van der Waals surface area contributed by atoms with Gasteiger partial charge < -0.3 is 0 Å². The summed E-state index contributed by atoms with van der Waals surface area (Å²) in [4.78, 5) is 1.33. The first kappa shape index (κ1) is 9.17. The predicted octanol–water partition coefficient (Wildman–Crippen LogP) is 1.76. The molecule has 0 unspecified atom stereocenters. The quantitative estimate of drug-likeness (QED) is 0.414. The van der Waals surface area contributed by atoms with Crippen LogP contribution in [0.3, 0.4) is 0 Å². The summed E-state index contributed by atoms with van der Waals surface area (Å²) in [5.74, 6) is 0. The van der Waals surface area contributed by atoms with Gasteiger partial charge >= 0.3 is 18.9 Å². The molecule has 0 N–H and O–H groups in total. The van der Waals surface area contributed by atoms with E-state index in [0.29, 0.717) is 0 Å². The van der Waals surface area contributed by atoms with Crippen molar-refractivity contribution in [3.63, 3.8) is 0 Å². The molecule has 1 aromatic rings. The topological polar surface area (TPSA) is 0 Å². The second kappa shape index (κ2) is 4.99. The van der Waals surface area contributed by atoms with Crippen LogP contribution in [0.2, 0.25) is 0 Å². The van der Waals surface area contributed by atoms with E-state index in [0.717, 1.165) is 0 Å². The van der Waals surface area contributed by atoms with Crippen LogP contribution in [0.15, 0.2) is 35.2 Å². The molecule has 9 heavy (non-hydrogen) atoms. The SMILES string of the molecule is CSc1ccccc1.[LiH]. The summed E-state index contributed by atoms with van der Waals surface area (Å²) in [6.07, 6.45) is 2.08. The molecule has 0 amide bonds. The van der Waals surface area contributed by atoms with Gasteiger partial charge in [-0.3, -0.25) is 0 Å². The summed E-state index contributed by atoms with van der Waals surface area (Å²) < 4.78 is 0. The molecule has 0 saturated carbocycles. The Kier molecular flexibility index (Phi) is 5.09. The van der Waals surface area contributed by atoms with Crippen LogP contribution in [0.4, 0.5) is 0 Å². The van der Waals surface area contributed by atoms with Gasteiger partial charge in [-0.25, -0.2) is 0 Å². The van der Waals surface area contributed by atoms with Crippen LogP contribution in [0.25, 0.3) is 0 Å². The fourth-order valence-electron chi connectivity index (χ4n) is 0.557. The van der Waals surface area contributed by atoms with Crippen LogP contribution < -0.4 is 0 Å². The van der Waals surface area contributed by atoms with Gasteiger partial charge in [0.25, 0.3) is 0 Å². The molecule has 0 aliphatic carbocycles. The van der Waals surface area contributed by atoms with Gasteiger partial charge in [-0.2, -0.15) is 0 Å². The third-order valence-electron chi connectivity index (χ3n) is 0.979. The van der Waals surface area contributed by atoms with E-state index in [9.17, 15) is 0 Å². The Balaban J connectivity index is 0.000000640. The second-order valence-electron chi connectivity index (χ2n) is 1.52. The molecular formula is C7H9LiS. The zero-order valence-corrected chi connectivity index (χ0v) is 5.61. The molecule has 1 rings (SSSR count). The third-order valence-corrected chi connectivity index (χ3v) is 1.72. The van der Waals surface area contributed by atoms with E-state index in [4.69, 9.17) is 0 Å². The van der Waals surface area contributed by atoms with E-state index in [-0.39, 0.29) is 18.9 Å². The van der Waals surface area contributed by atoms with Crippen molar-refractivity contribution in [1.82, 2.24) is 0 Å². The molecule has 0 bridgehead atoms. The van der Waals surface area contributed by atoms with Crippen molar-refractivity contribution in [3.8, 4) is 0 Å². The Morgan fingerprint density at radius 3 is 2.00 bits per heavy atom. The van der Waals surface area contributed by atoms with Gasteiger partial charge in [-0.1, -0.05) is 18.2 Å². The van der Waals surface area contributed by atoms with Crippen LogP contribution in [-0.2, 0) is 0 Å². The fraction of sp³-hybridized carbons (Fsp3) is 0.143. The molecule has 1 aromatic carbocycles. The summed E-state index contributed by atoms with van der Waals surface area (Å²) in [7, 11) is 0. The molecule has 0 fully saturated rings. The van der Waals surface area contributed by atoms with Crippen LogP contribution in [-0.4, -0.2) is 25.1 Å². The van der Waals surface area contributed by atoms with Crippen molar-refractivity contribution in [2.24, 2.45) is 0 Å². The minimum atomic E-state index is 0. The van der Waals surface area contributed by atoms with Gasteiger partial charge in [0.2, 0.25) is 0 Å². The summed E-state index contributed by atoms with van der Waals surface area (Å²) in [6, 6.07) is 10.3. The fourth-order valence-corrected chi connectivity index (χ4v) is 0.986. The third kappa shape index (κ3) is 3.01. The first-order chi connectivity index (χ1) is 3.93. The number of hydrogen-bond acceptors (Lipinski definition) is 1. The van der Waals surface area contributed by atoms with E-state index >= 15 is 0 Å². The Morgan fingerprint density at radius 2 is 1.67 bits per heavy atom. The average Bonchev–Trinajstić information content (AvgIpc) is 1.90. The molecule has 0 aromatic heterocycles. The van der Waals surface area contributed by atoms with E-state index in [2.05, 4.69) is 18.4 Å².